The second kappa shape index (κ2) is 9.53. The molecule has 200 valence electrons. The number of carbonyl (C=O) groups is 1. The minimum absolute atomic E-state index is 0.0240. The molecule has 9 heteroatoms. The average molecular weight is 516 g/mol. The summed E-state index contributed by atoms with van der Waals surface area (Å²) in [4.78, 5) is 35.5. The van der Waals surface area contributed by atoms with Crippen molar-refractivity contribution in [2.75, 3.05) is 0 Å². The van der Waals surface area contributed by atoms with Gasteiger partial charge in [0.2, 0.25) is 0 Å². The van der Waals surface area contributed by atoms with E-state index in [-0.39, 0.29) is 34.4 Å². The molecular weight excluding hydrogens is 478 g/mol. The number of hydrogen-bond donors (Lipinski definition) is 2. The molecule has 1 saturated carbocycles. The van der Waals surface area contributed by atoms with E-state index < -0.39 is 0 Å². The van der Waals surface area contributed by atoms with Gasteiger partial charge in [-0.1, -0.05) is 40.7 Å². The Hall–Kier alpha value is -3.75. The quantitative estimate of drug-likeness (QED) is 0.402. The lowest BCUT2D eigenvalue weighted by Gasteiger charge is -2.42. The fourth-order valence-corrected chi connectivity index (χ4v) is 5.43. The van der Waals surface area contributed by atoms with Gasteiger partial charge < -0.3 is 5.32 Å². The van der Waals surface area contributed by atoms with Crippen LogP contribution in [0.4, 0.5) is 0 Å². The summed E-state index contributed by atoms with van der Waals surface area (Å²) in [6.07, 6.45) is 4.40. The largest absolute Gasteiger partial charge is 0.347 e. The summed E-state index contributed by atoms with van der Waals surface area (Å²) in [5.74, 6) is -0.0192. The number of imidazole rings is 1. The van der Waals surface area contributed by atoms with Crippen LogP contribution in [0.2, 0.25) is 0 Å². The van der Waals surface area contributed by atoms with Crippen LogP contribution in [0.1, 0.15) is 76.0 Å². The minimum atomic E-state index is -0.202. The van der Waals surface area contributed by atoms with E-state index in [1.165, 1.54) is 0 Å². The molecule has 0 saturated heterocycles. The number of aryl methyl sites for hydroxylation is 1. The molecule has 5 rings (SSSR count). The Labute approximate surface area is 222 Å². The molecule has 2 unspecified atom stereocenters. The summed E-state index contributed by atoms with van der Waals surface area (Å²) in [5, 5.41) is 10.4. The second-order valence-corrected chi connectivity index (χ2v) is 12.4. The Morgan fingerprint density at radius 1 is 1.21 bits per heavy atom. The molecule has 4 aromatic rings. The molecule has 0 bridgehead atoms. The monoisotopic (exact) mass is 515 g/mol. The highest BCUT2D eigenvalue weighted by molar-refractivity contribution is 5.93. The van der Waals surface area contributed by atoms with Crippen molar-refractivity contribution in [1.82, 2.24) is 34.6 Å². The molecule has 0 aliphatic heterocycles. The Kier molecular flexibility index (Phi) is 6.49. The number of aromatic amines is 1. The van der Waals surface area contributed by atoms with E-state index in [9.17, 15) is 9.59 Å². The van der Waals surface area contributed by atoms with Crippen LogP contribution >= 0.6 is 0 Å². The van der Waals surface area contributed by atoms with E-state index in [4.69, 9.17) is 4.98 Å². The third-order valence-corrected chi connectivity index (χ3v) is 7.71. The number of rotatable bonds is 5. The summed E-state index contributed by atoms with van der Waals surface area (Å²) in [7, 11) is 1.79. The molecule has 1 amide bonds. The van der Waals surface area contributed by atoms with Crippen molar-refractivity contribution < 1.29 is 4.79 Å². The fourth-order valence-electron chi connectivity index (χ4n) is 5.43. The molecule has 0 radical (unpaired) electrons. The van der Waals surface area contributed by atoms with Crippen molar-refractivity contribution in [2.45, 2.75) is 72.4 Å². The lowest BCUT2D eigenvalue weighted by molar-refractivity contribution is 0.0831. The number of nitrogens with zero attached hydrogens (tertiary/aromatic N) is 5. The van der Waals surface area contributed by atoms with Crippen molar-refractivity contribution >= 4 is 17.1 Å². The van der Waals surface area contributed by atoms with Gasteiger partial charge in [-0.05, 0) is 60.4 Å². The van der Waals surface area contributed by atoms with Crippen LogP contribution in [0.25, 0.3) is 22.6 Å². The Balaban J connectivity index is 1.36. The van der Waals surface area contributed by atoms with Gasteiger partial charge in [0.25, 0.3) is 5.91 Å². The first-order chi connectivity index (χ1) is 17.9. The maximum absolute atomic E-state index is 13.2. The number of aromatic nitrogens is 6. The fraction of sp³-hybridized carbons (Fsp3) is 0.483. The zero-order chi connectivity index (χ0) is 27.2. The highest BCUT2D eigenvalue weighted by atomic mass is 16.2. The predicted molar refractivity (Wildman–Crippen MR) is 148 cm³/mol. The number of amides is 1. The summed E-state index contributed by atoms with van der Waals surface area (Å²) < 4.78 is 3.47. The lowest BCUT2D eigenvalue weighted by Crippen LogP contribution is -2.48. The second-order valence-electron chi connectivity index (χ2n) is 12.4. The molecule has 2 N–H and O–H groups in total. The Morgan fingerprint density at radius 2 is 2.00 bits per heavy atom. The topological polar surface area (TPSA) is 110 Å². The van der Waals surface area contributed by atoms with E-state index in [1.807, 2.05) is 28.8 Å². The summed E-state index contributed by atoms with van der Waals surface area (Å²) in [6.45, 7) is 11.4. The zero-order valence-corrected chi connectivity index (χ0v) is 23.1. The third kappa shape index (κ3) is 5.01. The van der Waals surface area contributed by atoms with Crippen LogP contribution in [0.15, 0.2) is 47.4 Å². The first-order valence-corrected chi connectivity index (χ1v) is 13.3. The highest BCUT2D eigenvalue weighted by Gasteiger charge is 2.39. The van der Waals surface area contributed by atoms with E-state index >= 15 is 0 Å². The molecule has 0 spiro atoms. The van der Waals surface area contributed by atoms with Gasteiger partial charge in [-0.2, -0.15) is 5.10 Å². The molecule has 2 atom stereocenters. The van der Waals surface area contributed by atoms with Crippen LogP contribution in [-0.4, -0.2) is 41.2 Å². The van der Waals surface area contributed by atoms with E-state index in [0.717, 1.165) is 36.2 Å². The third-order valence-electron chi connectivity index (χ3n) is 7.71. The van der Waals surface area contributed by atoms with Gasteiger partial charge in [0, 0.05) is 37.4 Å². The molecule has 38 heavy (non-hydrogen) atoms. The van der Waals surface area contributed by atoms with Crippen molar-refractivity contribution in [3.8, 4) is 11.4 Å². The van der Waals surface area contributed by atoms with Crippen molar-refractivity contribution in [3.63, 3.8) is 0 Å². The molecule has 1 fully saturated rings. The predicted octanol–water partition coefficient (Wildman–Crippen LogP) is 4.66. The zero-order valence-electron chi connectivity index (χ0n) is 23.1. The van der Waals surface area contributed by atoms with Gasteiger partial charge in [0.05, 0.1) is 16.9 Å². The average Bonchev–Trinajstić information content (AvgIpc) is 3.45. The first-order valence-electron chi connectivity index (χ1n) is 13.3. The van der Waals surface area contributed by atoms with Gasteiger partial charge in [0.15, 0.2) is 11.3 Å². The normalized spacial score (nSPS) is 19.5. The number of nitrogens with one attached hydrogen (secondary N) is 2. The standard InChI is InChI=1S/C29H37N7O2/c1-28(2,3)17-36-23-11-10-19(31-25(23)35(6)27(36)38)18-12-13-29(4,5)24(15-18)32-26(37)22-16-21(33-34-22)20-9-7-8-14-30-20/h7-11,14,16,18,24H,12-13,15,17H2,1-6H3,(H,32,37)(H,33,34). The van der Waals surface area contributed by atoms with Crippen molar-refractivity contribution in [3.05, 3.63) is 64.5 Å². The van der Waals surface area contributed by atoms with Gasteiger partial charge in [-0.3, -0.25) is 24.0 Å². The van der Waals surface area contributed by atoms with Crippen LogP contribution in [0.3, 0.4) is 0 Å². The Bertz CT molecular complexity index is 1520. The molecule has 0 aromatic carbocycles. The van der Waals surface area contributed by atoms with Crippen LogP contribution in [-0.2, 0) is 13.6 Å². The number of fused-ring (bicyclic) bond motifs is 1. The molecule has 1 aliphatic rings. The van der Waals surface area contributed by atoms with E-state index in [0.29, 0.717) is 23.6 Å². The van der Waals surface area contributed by atoms with Gasteiger partial charge in [-0.15, -0.1) is 0 Å². The van der Waals surface area contributed by atoms with Crippen molar-refractivity contribution in [1.29, 1.82) is 0 Å². The van der Waals surface area contributed by atoms with Gasteiger partial charge in [0.1, 0.15) is 0 Å². The molecule has 9 nitrogen and oxygen atoms in total. The maximum atomic E-state index is 13.2. The first kappa shape index (κ1) is 25.9. The minimum Gasteiger partial charge on any atom is -0.347 e. The van der Waals surface area contributed by atoms with Gasteiger partial charge >= 0.3 is 5.69 Å². The lowest BCUT2D eigenvalue weighted by atomic mass is 9.68. The molecule has 4 heterocycles. The van der Waals surface area contributed by atoms with Crippen LogP contribution in [0, 0.1) is 10.8 Å². The summed E-state index contributed by atoms with van der Waals surface area (Å²) in [5.41, 5.74) is 4.19. The van der Waals surface area contributed by atoms with Crippen molar-refractivity contribution in [2.24, 2.45) is 17.9 Å². The maximum Gasteiger partial charge on any atom is 0.330 e. The molecule has 1 aliphatic carbocycles. The van der Waals surface area contributed by atoms with E-state index in [1.54, 1.807) is 23.9 Å². The SMILES string of the molecule is Cn1c(=O)n(CC(C)(C)C)c2ccc(C3CCC(C)(C)C(NC(=O)c4cc(-c5ccccn5)[nH]n4)C3)nc21. The number of carbonyl (C=O) groups excluding carboxylic acids is 1. The highest BCUT2D eigenvalue weighted by Crippen LogP contribution is 2.42. The smallest absolute Gasteiger partial charge is 0.330 e. The van der Waals surface area contributed by atoms with Crippen LogP contribution in [0.5, 0.6) is 0 Å². The number of H-pyrrole nitrogens is 1. The molecule has 4 aromatic heterocycles. The number of pyridine rings is 2. The number of hydrogen-bond acceptors (Lipinski definition) is 5. The molecular formula is C29H37N7O2. The van der Waals surface area contributed by atoms with E-state index in [2.05, 4.69) is 61.2 Å². The Morgan fingerprint density at radius 3 is 2.71 bits per heavy atom. The summed E-state index contributed by atoms with van der Waals surface area (Å²) in [6, 6.07) is 11.4. The van der Waals surface area contributed by atoms with Gasteiger partial charge in [-0.25, -0.2) is 9.78 Å². The summed E-state index contributed by atoms with van der Waals surface area (Å²) >= 11 is 0. The van der Waals surface area contributed by atoms with Crippen LogP contribution < -0.4 is 11.0 Å².